The highest BCUT2D eigenvalue weighted by Crippen LogP contribution is 2.39. The lowest BCUT2D eigenvalue weighted by molar-refractivity contribution is -0.274. The molecule has 2 heterocycles. The number of rotatable bonds is 9. The number of anilines is 1. The highest BCUT2D eigenvalue weighted by molar-refractivity contribution is 7.14. The first kappa shape index (κ1) is 24.5. The molecular weight excluding hydrogens is 473 g/mol. The Kier molecular flexibility index (Phi) is 7.42. The van der Waals surface area contributed by atoms with Gasteiger partial charge in [-0.25, -0.2) is 4.98 Å². The molecule has 2 fully saturated rings. The van der Waals surface area contributed by atoms with E-state index in [0.717, 1.165) is 25.7 Å². The van der Waals surface area contributed by atoms with Crippen molar-refractivity contribution in [2.75, 3.05) is 18.1 Å². The molecule has 2 aliphatic rings. The summed E-state index contributed by atoms with van der Waals surface area (Å²) in [5, 5.41) is 11.5. The summed E-state index contributed by atoms with van der Waals surface area (Å²) < 4.78 is 47.1. The number of ether oxygens (including phenoxy) is 2. The topological polar surface area (TPSA) is 89.0 Å². The lowest BCUT2D eigenvalue weighted by Crippen LogP contribution is -2.40. The van der Waals surface area contributed by atoms with E-state index in [-0.39, 0.29) is 30.0 Å². The molecule has 0 bridgehead atoms. The summed E-state index contributed by atoms with van der Waals surface area (Å²) in [5.74, 6) is -2.08. The molecule has 1 saturated heterocycles. The van der Waals surface area contributed by atoms with Gasteiger partial charge in [0.25, 0.3) is 0 Å². The molecular formula is C23H25F3N2O5S. The molecule has 1 aromatic heterocycles. The molecule has 0 radical (unpaired) electrons. The van der Waals surface area contributed by atoms with E-state index in [1.54, 1.807) is 16.3 Å². The molecule has 0 unspecified atom stereocenters. The van der Waals surface area contributed by atoms with Gasteiger partial charge in [-0.15, -0.1) is 24.5 Å². The van der Waals surface area contributed by atoms with Crippen molar-refractivity contribution in [3.63, 3.8) is 0 Å². The third kappa shape index (κ3) is 6.47. The van der Waals surface area contributed by atoms with Gasteiger partial charge in [-0.2, -0.15) is 0 Å². The number of aromatic nitrogens is 1. The number of carbonyl (C=O) groups is 2. The summed E-state index contributed by atoms with van der Waals surface area (Å²) in [4.78, 5) is 31.2. The third-order valence-electron chi connectivity index (χ3n) is 5.94. The first-order chi connectivity index (χ1) is 16.2. The number of amides is 1. The maximum absolute atomic E-state index is 13.5. The Balaban J connectivity index is 1.55. The van der Waals surface area contributed by atoms with Crippen molar-refractivity contribution in [3.8, 4) is 17.0 Å². The molecule has 7 nitrogen and oxygen atoms in total. The number of hydrogen-bond donors (Lipinski definition) is 1. The molecule has 34 heavy (non-hydrogen) atoms. The fraction of sp³-hybridized carbons (Fsp3) is 0.522. The van der Waals surface area contributed by atoms with Crippen LogP contribution in [0.15, 0.2) is 29.6 Å². The highest BCUT2D eigenvalue weighted by atomic mass is 32.1. The number of thiazole rings is 1. The summed E-state index contributed by atoms with van der Waals surface area (Å²) in [6.45, 7) is 1.22. The number of benzene rings is 1. The largest absolute Gasteiger partial charge is 0.573 e. The van der Waals surface area contributed by atoms with Crippen LogP contribution in [0.2, 0.25) is 0 Å². The van der Waals surface area contributed by atoms with Crippen molar-refractivity contribution in [3.05, 3.63) is 29.6 Å². The summed E-state index contributed by atoms with van der Waals surface area (Å²) in [5.41, 5.74) is 0.849. The van der Waals surface area contributed by atoms with Gasteiger partial charge < -0.3 is 14.6 Å². The van der Waals surface area contributed by atoms with Crippen LogP contribution in [0.4, 0.5) is 18.3 Å². The van der Waals surface area contributed by atoms with Gasteiger partial charge in [0.05, 0.1) is 12.1 Å². The van der Waals surface area contributed by atoms with Crippen molar-refractivity contribution < 1.29 is 37.3 Å². The van der Waals surface area contributed by atoms with Crippen LogP contribution in [0.25, 0.3) is 11.3 Å². The van der Waals surface area contributed by atoms with E-state index >= 15 is 0 Å². The summed E-state index contributed by atoms with van der Waals surface area (Å²) in [7, 11) is 0. The lowest BCUT2D eigenvalue weighted by atomic mass is 9.86. The van der Waals surface area contributed by atoms with E-state index in [0.29, 0.717) is 36.0 Å². The average molecular weight is 499 g/mol. The van der Waals surface area contributed by atoms with E-state index in [9.17, 15) is 27.9 Å². The van der Waals surface area contributed by atoms with Crippen LogP contribution in [-0.2, 0) is 14.3 Å². The van der Waals surface area contributed by atoms with Crippen molar-refractivity contribution in [2.45, 2.75) is 50.9 Å². The number of carboxylic acids is 1. The molecule has 2 aromatic rings. The van der Waals surface area contributed by atoms with Gasteiger partial charge in [0, 0.05) is 36.1 Å². The van der Waals surface area contributed by atoms with Crippen LogP contribution in [-0.4, -0.2) is 47.6 Å². The predicted molar refractivity (Wildman–Crippen MR) is 119 cm³/mol. The maximum atomic E-state index is 13.5. The van der Waals surface area contributed by atoms with Gasteiger partial charge in [0.1, 0.15) is 5.75 Å². The Morgan fingerprint density at radius 3 is 2.62 bits per heavy atom. The number of aliphatic carboxylic acids is 1. The van der Waals surface area contributed by atoms with Crippen LogP contribution in [0, 0.1) is 11.8 Å². The minimum atomic E-state index is -4.80. The van der Waals surface area contributed by atoms with Crippen molar-refractivity contribution >= 4 is 28.3 Å². The Morgan fingerprint density at radius 1 is 1.24 bits per heavy atom. The average Bonchev–Trinajstić information content (AvgIpc) is 3.48. The molecule has 4 rings (SSSR count). The van der Waals surface area contributed by atoms with Gasteiger partial charge in [-0.3, -0.25) is 14.5 Å². The SMILES string of the molecule is O=C(O)C[C@@H](CC1CCOCC1)C(=O)N(c1nc(-c2cccc(OC(F)(F)F)c2)cs1)C1CC1. The summed E-state index contributed by atoms with van der Waals surface area (Å²) >= 11 is 1.21. The number of nitrogens with zero attached hydrogens (tertiary/aromatic N) is 2. The Bertz CT molecular complexity index is 1020. The van der Waals surface area contributed by atoms with Gasteiger partial charge in [-0.1, -0.05) is 12.1 Å². The fourth-order valence-corrected chi connectivity index (χ4v) is 5.10. The number of carboxylic acid groups (broad SMARTS) is 1. The Morgan fingerprint density at radius 2 is 1.97 bits per heavy atom. The van der Waals surface area contributed by atoms with E-state index < -0.39 is 18.2 Å². The monoisotopic (exact) mass is 498 g/mol. The number of carbonyl (C=O) groups excluding carboxylic acids is 1. The molecule has 1 atom stereocenters. The smallest absolute Gasteiger partial charge is 0.481 e. The quantitative estimate of drug-likeness (QED) is 0.517. The fourth-order valence-electron chi connectivity index (χ4n) is 4.19. The minimum Gasteiger partial charge on any atom is -0.481 e. The minimum absolute atomic E-state index is 0.0441. The molecule has 1 saturated carbocycles. The van der Waals surface area contributed by atoms with E-state index in [2.05, 4.69) is 9.72 Å². The zero-order valence-electron chi connectivity index (χ0n) is 18.3. The zero-order chi connectivity index (χ0) is 24.3. The van der Waals surface area contributed by atoms with E-state index in [1.807, 2.05) is 0 Å². The molecule has 1 N–H and O–H groups in total. The summed E-state index contributed by atoms with van der Waals surface area (Å²) in [6.07, 6.45) is -1.39. The van der Waals surface area contributed by atoms with Crippen molar-refractivity contribution in [1.29, 1.82) is 0 Å². The maximum Gasteiger partial charge on any atom is 0.573 e. The lowest BCUT2D eigenvalue weighted by Gasteiger charge is -2.29. The van der Waals surface area contributed by atoms with Crippen molar-refractivity contribution in [1.82, 2.24) is 4.98 Å². The van der Waals surface area contributed by atoms with Gasteiger partial charge >= 0.3 is 12.3 Å². The number of hydrogen-bond acceptors (Lipinski definition) is 6. The standard InChI is InChI=1S/C23H25F3N2O5S/c24-23(25,26)33-18-3-1-2-15(11-18)19-13-34-22(27-19)28(17-4-5-17)21(31)16(12-20(29)30)10-14-6-8-32-9-7-14/h1-3,11,13-14,16-17H,4-10,12H2,(H,29,30)/t16-/m1/s1. The Hall–Kier alpha value is -2.66. The molecule has 11 heteroatoms. The zero-order valence-corrected chi connectivity index (χ0v) is 19.1. The van der Waals surface area contributed by atoms with Crippen molar-refractivity contribution in [2.24, 2.45) is 11.8 Å². The van der Waals surface area contributed by atoms with Gasteiger partial charge in [0.2, 0.25) is 5.91 Å². The first-order valence-electron chi connectivity index (χ1n) is 11.1. The van der Waals surface area contributed by atoms with Crippen LogP contribution < -0.4 is 9.64 Å². The normalized spacial score (nSPS) is 17.9. The number of alkyl halides is 3. The molecule has 0 spiro atoms. The van der Waals surface area contributed by atoms with Crippen LogP contribution >= 0.6 is 11.3 Å². The second-order valence-corrected chi connectivity index (χ2v) is 9.45. The van der Waals surface area contributed by atoms with E-state index in [4.69, 9.17) is 4.74 Å². The predicted octanol–water partition coefficient (Wildman–Crippen LogP) is 5.11. The van der Waals surface area contributed by atoms with Crippen LogP contribution in [0.5, 0.6) is 5.75 Å². The van der Waals surface area contributed by atoms with Crippen LogP contribution in [0.3, 0.4) is 0 Å². The van der Waals surface area contributed by atoms with Gasteiger partial charge in [0.15, 0.2) is 5.13 Å². The van der Waals surface area contributed by atoms with Gasteiger partial charge in [-0.05, 0) is 50.2 Å². The molecule has 1 aliphatic carbocycles. The number of halogens is 3. The van der Waals surface area contributed by atoms with E-state index in [1.165, 1.54) is 29.5 Å². The second kappa shape index (κ2) is 10.3. The first-order valence-corrected chi connectivity index (χ1v) is 12.0. The second-order valence-electron chi connectivity index (χ2n) is 8.62. The Labute approximate surface area is 198 Å². The molecule has 184 valence electrons. The molecule has 1 aliphatic heterocycles. The third-order valence-corrected chi connectivity index (χ3v) is 6.78. The highest BCUT2D eigenvalue weighted by Gasteiger charge is 2.40. The van der Waals surface area contributed by atoms with Crippen LogP contribution in [0.1, 0.15) is 38.5 Å². The molecule has 1 aromatic carbocycles. The summed E-state index contributed by atoms with van der Waals surface area (Å²) in [6, 6.07) is 5.46. The molecule has 1 amide bonds.